The molecule has 2 atom stereocenters. The van der Waals surface area contributed by atoms with Gasteiger partial charge >= 0.3 is 11.9 Å². The van der Waals surface area contributed by atoms with Gasteiger partial charge in [0, 0.05) is 24.9 Å². The molecule has 0 aromatic carbocycles. The molecule has 0 aliphatic heterocycles. The molecule has 0 radical (unpaired) electrons. The predicted octanol–water partition coefficient (Wildman–Crippen LogP) is -1.28. The lowest BCUT2D eigenvalue weighted by Gasteiger charge is -2.07. The lowest BCUT2D eigenvalue weighted by molar-refractivity contribution is -0.165. The standard InChI is InChI=1S/C8H12N2.C4H6O6/c1-9-7-5-8-4-2-3-6-10-8;5-1(3(7)8)2(6)4(9)10/h2-4,6,9H,5,7H2,1H3;1-2,5-6H,(H,7,8)(H,9,10). The predicted molar refractivity (Wildman–Crippen MR) is 69.2 cm³/mol. The van der Waals surface area contributed by atoms with Gasteiger partial charge in [0.2, 0.25) is 0 Å². The highest BCUT2D eigenvalue weighted by atomic mass is 16.4. The highest BCUT2D eigenvalue weighted by Crippen LogP contribution is 1.93. The lowest BCUT2D eigenvalue weighted by Crippen LogP contribution is -2.39. The number of aliphatic carboxylic acids is 2. The number of hydrogen-bond acceptors (Lipinski definition) is 6. The Morgan fingerprint density at radius 1 is 1.20 bits per heavy atom. The first-order valence-electron chi connectivity index (χ1n) is 5.76. The van der Waals surface area contributed by atoms with E-state index in [1.165, 1.54) is 0 Å². The average molecular weight is 286 g/mol. The third-order valence-electron chi connectivity index (χ3n) is 2.16. The summed E-state index contributed by atoms with van der Waals surface area (Å²) in [6.07, 6.45) is -1.70. The Labute approximate surface area is 115 Å². The van der Waals surface area contributed by atoms with Gasteiger partial charge < -0.3 is 25.7 Å². The number of aromatic nitrogens is 1. The molecule has 0 aliphatic rings. The smallest absolute Gasteiger partial charge is 0.335 e. The number of nitrogens with zero attached hydrogens (tertiary/aromatic N) is 1. The van der Waals surface area contributed by atoms with Crippen molar-refractivity contribution >= 4 is 11.9 Å². The third kappa shape index (κ3) is 7.41. The second kappa shape index (κ2) is 9.84. The fourth-order valence-corrected chi connectivity index (χ4v) is 1.07. The molecule has 0 saturated carbocycles. The molecule has 0 bridgehead atoms. The Hall–Kier alpha value is -2.03. The van der Waals surface area contributed by atoms with E-state index in [-0.39, 0.29) is 0 Å². The van der Waals surface area contributed by atoms with E-state index in [9.17, 15) is 9.59 Å². The van der Waals surface area contributed by atoms with Crippen LogP contribution in [0.1, 0.15) is 5.69 Å². The number of aliphatic hydroxyl groups excluding tert-OH is 2. The number of likely N-dealkylation sites (N-methyl/N-ethyl adjacent to an activating group) is 1. The summed E-state index contributed by atoms with van der Waals surface area (Å²) in [5.74, 6) is -3.54. The maximum absolute atomic E-state index is 9.77. The molecule has 8 heteroatoms. The maximum atomic E-state index is 9.77. The van der Waals surface area contributed by atoms with Gasteiger partial charge in [-0.25, -0.2) is 9.59 Å². The van der Waals surface area contributed by atoms with Gasteiger partial charge in [0.15, 0.2) is 12.2 Å². The number of carboxylic acids is 2. The Morgan fingerprint density at radius 3 is 2.10 bits per heavy atom. The van der Waals surface area contributed by atoms with Crippen LogP contribution in [0.4, 0.5) is 0 Å². The van der Waals surface area contributed by atoms with E-state index in [1.807, 2.05) is 31.4 Å². The molecule has 1 heterocycles. The molecule has 5 N–H and O–H groups in total. The van der Waals surface area contributed by atoms with Crippen LogP contribution < -0.4 is 5.32 Å². The van der Waals surface area contributed by atoms with Crippen molar-refractivity contribution < 1.29 is 30.0 Å². The van der Waals surface area contributed by atoms with Crippen LogP contribution in [0, 0.1) is 0 Å². The Kier molecular flexibility index (Phi) is 8.84. The molecule has 1 aromatic rings. The third-order valence-corrected chi connectivity index (χ3v) is 2.16. The SMILES string of the molecule is CNCCc1ccccn1.O=C(O)C(O)C(O)C(=O)O. The zero-order valence-electron chi connectivity index (χ0n) is 10.9. The van der Waals surface area contributed by atoms with E-state index in [0.717, 1.165) is 18.7 Å². The molecule has 0 spiro atoms. The molecule has 112 valence electrons. The van der Waals surface area contributed by atoms with Gasteiger partial charge in [0.25, 0.3) is 0 Å². The van der Waals surface area contributed by atoms with Gasteiger partial charge in [-0.2, -0.15) is 0 Å². The van der Waals surface area contributed by atoms with Crippen LogP contribution in [0.25, 0.3) is 0 Å². The molecule has 1 aromatic heterocycles. The monoisotopic (exact) mass is 286 g/mol. The minimum atomic E-state index is -2.27. The molecule has 1 rings (SSSR count). The molecule has 0 saturated heterocycles. The van der Waals surface area contributed by atoms with Crippen molar-refractivity contribution in [2.24, 2.45) is 0 Å². The molecule has 0 fully saturated rings. The summed E-state index contributed by atoms with van der Waals surface area (Å²) >= 11 is 0. The maximum Gasteiger partial charge on any atom is 0.335 e. The molecule has 0 aliphatic carbocycles. The number of carbonyl (C=O) groups is 2. The summed E-state index contributed by atoms with van der Waals surface area (Å²) in [4.78, 5) is 23.7. The summed E-state index contributed by atoms with van der Waals surface area (Å²) in [5, 5.41) is 35.6. The van der Waals surface area contributed by atoms with Crippen molar-refractivity contribution in [2.45, 2.75) is 18.6 Å². The van der Waals surface area contributed by atoms with Crippen molar-refractivity contribution in [3.05, 3.63) is 30.1 Å². The van der Waals surface area contributed by atoms with Crippen LogP contribution in [0.5, 0.6) is 0 Å². The quantitative estimate of drug-likeness (QED) is 0.435. The number of carboxylic acid groups (broad SMARTS) is 2. The highest BCUT2D eigenvalue weighted by molar-refractivity contribution is 5.83. The van der Waals surface area contributed by atoms with Crippen molar-refractivity contribution in [1.82, 2.24) is 10.3 Å². The molecule has 8 nitrogen and oxygen atoms in total. The highest BCUT2D eigenvalue weighted by Gasteiger charge is 2.29. The molecule has 0 amide bonds. The number of hydrogen-bond donors (Lipinski definition) is 5. The molecular formula is C12H18N2O6. The van der Waals surface area contributed by atoms with Crippen molar-refractivity contribution in [3.63, 3.8) is 0 Å². The summed E-state index contributed by atoms with van der Waals surface area (Å²) < 4.78 is 0. The molecule has 20 heavy (non-hydrogen) atoms. The van der Waals surface area contributed by atoms with Gasteiger partial charge in [-0.05, 0) is 19.2 Å². The summed E-state index contributed by atoms with van der Waals surface area (Å²) in [5.41, 5.74) is 1.15. The van der Waals surface area contributed by atoms with Gasteiger partial charge in [-0.1, -0.05) is 6.07 Å². The fourth-order valence-electron chi connectivity index (χ4n) is 1.07. The first kappa shape index (κ1) is 18.0. The van der Waals surface area contributed by atoms with Gasteiger partial charge in [-0.15, -0.1) is 0 Å². The normalized spacial score (nSPS) is 12.8. The fraction of sp³-hybridized carbons (Fsp3) is 0.417. The Balaban J connectivity index is 0.000000361. The second-order valence-electron chi connectivity index (χ2n) is 3.74. The van der Waals surface area contributed by atoms with E-state index < -0.39 is 24.1 Å². The van der Waals surface area contributed by atoms with Crippen LogP contribution in [0.3, 0.4) is 0 Å². The van der Waals surface area contributed by atoms with Crippen LogP contribution in [-0.2, 0) is 16.0 Å². The molecular weight excluding hydrogens is 268 g/mol. The first-order chi connectivity index (χ1) is 9.40. The topological polar surface area (TPSA) is 140 Å². The molecule has 2 unspecified atom stereocenters. The van der Waals surface area contributed by atoms with Gasteiger partial charge in [0.05, 0.1) is 0 Å². The van der Waals surface area contributed by atoms with E-state index in [0.29, 0.717) is 0 Å². The van der Waals surface area contributed by atoms with Crippen LogP contribution in [-0.4, -0.2) is 63.1 Å². The van der Waals surface area contributed by atoms with Crippen molar-refractivity contribution in [3.8, 4) is 0 Å². The summed E-state index contributed by atoms with van der Waals surface area (Å²) in [6, 6.07) is 5.98. The number of pyridine rings is 1. The number of aliphatic hydroxyl groups is 2. The number of rotatable bonds is 6. The van der Waals surface area contributed by atoms with E-state index >= 15 is 0 Å². The summed E-state index contributed by atoms with van der Waals surface area (Å²) in [6.45, 7) is 0.997. The second-order valence-corrected chi connectivity index (χ2v) is 3.74. The van der Waals surface area contributed by atoms with Crippen LogP contribution in [0.2, 0.25) is 0 Å². The minimum Gasteiger partial charge on any atom is -0.479 e. The largest absolute Gasteiger partial charge is 0.479 e. The van der Waals surface area contributed by atoms with E-state index in [2.05, 4.69) is 10.3 Å². The first-order valence-corrected chi connectivity index (χ1v) is 5.76. The average Bonchev–Trinajstić information content (AvgIpc) is 2.45. The lowest BCUT2D eigenvalue weighted by atomic mass is 10.2. The van der Waals surface area contributed by atoms with E-state index in [4.69, 9.17) is 20.4 Å². The zero-order valence-corrected chi connectivity index (χ0v) is 10.9. The Morgan fingerprint density at radius 2 is 1.75 bits per heavy atom. The zero-order chi connectivity index (χ0) is 15.5. The van der Waals surface area contributed by atoms with Gasteiger partial charge in [0.1, 0.15) is 0 Å². The van der Waals surface area contributed by atoms with Gasteiger partial charge in [-0.3, -0.25) is 4.98 Å². The van der Waals surface area contributed by atoms with Crippen LogP contribution in [0.15, 0.2) is 24.4 Å². The van der Waals surface area contributed by atoms with Crippen molar-refractivity contribution in [2.75, 3.05) is 13.6 Å². The summed E-state index contributed by atoms with van der Waals surface area (Å²) in [7, 11) is 1.95. The van der Waals surface area contributed by atoms with Crippen LogP contribution >= 0.6 is 0 Å². The minimum absolute atomic E-state index is 0.997. The van der Waals surface area contributed by atoms with Crippen molar-refractivity contribution in [1.29, 1.82) is 0 Å². The Bertz CT molecular complexity index is 394. The van der Waals surface area contributed by atoms with E-state index in [1.54, 1.807) is 0 Å². The number of nitrogens with one attached hydrogen (secondary N) is 1.